The molecule has 2 aromatic rings. The zero-order valence-corrected chi connectivity index (χ0v) is 11.8. The van der Waals surface area contributed by atoms with E-state index in [-0.39, 0.29) is 0 Å². The van der Waals surface area contributed by atoms with Crippen LogP contribution in [-0.4, -0.2) is 29.1 Å². The number of anilines is 1. The van der Waals surface area contributed by atoms with Gasteiger partial charge >= 0.3 is 5.97 Å². The Kier molecular flexibility index (Phi) is 3.08. The summed E-state index contributed by atoms with van der Waals surface area (Å²) in [6.07, 6.45) is 2.21. The summed E-state index contributed by atoms with van der Waals surface area (Å²) >= 11 is 0. The topological polar surface area (TPSA) is 53.4 Å². The van der Waals surface area contributed by atoms with Crippen molar-refractivity contribution >= 4 is 22.7 Å². The fraction of sp³-hybridized carbons (Fsp3) is 0.375. The summed E-state index contributed by atoms with van der Waals surface area (Å²) in [5.74, 6) is -0.282. The average Bonchev–Trinajstić information content (AvgIpc) is 2.90. The van der Waals surface area contributed by atoms with Gasteiger partial charge in [0.25, 0.3) is 0 Å². The lowest BCUT2D eigenvalue weighted by Crippen LogP contribution is -2.22. The molecule has 1 N–H and O–H groups in total. The molecule has 2 heterocycles. The van der Waals surface area contributed by atoms with Crippen molar-refractivity contribution in [3.05, 3.63) is 34.9 Å². The molecule has 0 saturated carbocycles. The Morgan fingerprint density at radius 1 is 1.20 bits per heavy atom. The molecule has 4 heteroatoms. The third kappa shape index (κ3) is 2.11. The second kappa shape index (κ2) is 4.78. The molecule has 1 saturated heterocycles. The quantitative estimate of drug-likeness (QED) is 0.910. The van der Waals surface area contributed by atoms with Crippen LogP contribution in [0.5, 0.6) is 0 Å². The SMILES string of the molecule is Cc1cc(C)c2nc(N3CCCC3)c(C(=O)O)cc2c1. The molecule has 1 fully saturated rings. The maximum atomic E-state index is 11.5. The van der Waals surface area contributed by atoms with Gasteiger partial charge in [-0.15, -0.1) is 0 Å². The zero-order valence-electron chi connectivity index (χ0n) is 11.8. The molecule has 0 amide bonds. The van der Waals surface area contributed by atoms with Gasteiger partial charge in [-0.1, -0.05) is 11.6 Å². The van der Waals surface area contributed by atoms with Crippen LogP contribution in [0.1, 0.15) is 34.3 Å². The van der Waals surface area contributed by atoms with E-state index in [0.717, 1.165) is 48.0 Å². The van der Waals surface area contributed by atoms with E-state index in [2.05, 4.69) is 16.0 Å². The van der Waals surface area contributed by atoms with Crippen molar-refractivity contribution in [2.45, 2.75) is 26.7 Å². The van der Waals surface area contributed by atoms with E-state index in [0.29, 0.717) is 11.4 Å². The van der Waals surface area contributed by atoms with Crippen LogP contribution in [0.3, 0.4) is 0 Å². The highest BCUT2D eigenvalue weighted by Crippen LogP contribution is 2.28. The fourth-order valence-electron chi connectivity index (χ4n) is 2.97. The number of fused-ring (bicyclic) bond motifs is 1. The summed E-state index contributed by atoms with van der Waals surface area (Å²) in [5, 5.41) is 10.4. The number of aromatic carboxylic acids is 1. The number of nitrogens with zero attached hydrogens (tertiary/aromatic N) is 2. The van der Waals surface area contributed by atoms with Crippen LogP contribution in [0.15, 0.2) is 18.2 Å². The molecule has 1 aliphatic heterocycles. The Balaban J connectivity index is 2.26. The first-order valence-electron chi connectivity index (χ1n) is 6.96. The third-order valence-corrected chi connectivity index (χ3v) is 3.87. The van der Waals surface area contributed by atoms with Crippen LogP contribution >= 0.6 is 0 Å². The minimum atomic E-state index is -0.902. The molecule has 1 aromatic carbocycles. The Morgan fingerprint density at radius 3 is 2.55 bits per heavy atom. The van der Waals surface area contributed by atoms with Crippen LogP contribution in [0, 0.1) is 13.8 Å². The van der Waals surface area contributed by atoms with Crippen molar-refractivity contribution in [3.63, 3.8) is 0 Å². The van der Waals surface area contributed by atoms with Crippen LogP contribution in [0.25, 0.3) is 10.9 Å². The average molecular weight is 270 g/mol. The number of carboxylic acids is 1. The standard InChI is InChI=1S/C16H18N2O2/c1-10-7-11(2)14-12(8-10)9-13(16(19)20)15(17-14)18-5-3-4-6-18/h7-9H,3-6H2,1-2H3,(H,19,20). The van der Waals surface area contributed by atoms with Gasteiger partial charge in [0.2, 0.25) is 0 Å². The van der Waals surface area contributed by atoms with Gasteiger partial charge < -0.3 is 10.0 Å². The van der Waals surface area contributed by atoms with Crippen molar-refractivity contribution in [1.29, 1.82) is 0 Å². The van der Waals surface area contributed by atoms with Gasteiger partial charge in [0.05, 0.1) is 5.52 Å². The normalized spacial score (nSPS) is 15.0. The second-order valence-electron chi connectivity index (χ2n) is 5.51. The molecule has 0 atom stereocenters. The molecule has 0 aliphatic carbocycles. The molecule has 0 bridgehead atoms. The highest BCUT2D eigenvalue weighted by Gasteiger charge is 2.22. The molecular formula is C16H18N2O2. The molecule has 1 aliphatic rings. The van der Waals surface area contributed by atoms with E-state index in [1.807, 2.05) is 19.9 Å². The second-order valence-corrected chi connectivity index (χ2v) is 5.51. The van der Waals surface area contributed by atoms with Gasteiger partial charge in [-0.2, -0.15) is 0 Å². The number of hydrogen-bond donors (Lipinski definition) is 1. The number of benzene rings is 1. The maximum Gasteiger partial charge on any atom is 0.339 e. The van der Waals surface area contributed by atoms with E-state index in [1.54, 1.807) is 6.07 Å². The highest BCUT2D eigenvalue weighted by molar-refractivity contribution is 5.99. The first kappa shape index (κ1) is 12.9. The first-order valence-corrected chi connectivity index (χ1v) is 6.96. The maximum absolute atomic E-state index is 11.5. The lowest BCUT2D eigenvalue weighted by atomic mass is 10.0. The third-order valence-electron chi connectivity index (χ3n) is 3.87. The monoisotopic (exact) mass is 270 g/mol. The summed E-state index contributed by atoms with van der Waals surface area (Å²) in [4.78, 5) is 18.3. The van der Waals surface area contributed by atoms with Crippen molar-refractivity contribution in [2.75, 3.05) is 18.0 Å². The number of carboxylic acid groups (broad SMARTS) is 1. The predicted octanol–water partition coefficient (Wildman–Crippen LogP) is 3.15. The lowest BCUT2D eigenvalue weighted by molar-refractivity contribution is 0.0697. The highest BCUT2D eigenvalue weighted by atomic mass is 16.4. The van der Waals surface area contributed by atoms with Gasteiger partial charge in [0, 0.05) is 18.5 Å². The molecule has 3 rings (SSSR count). The first-order chi connectivity index (χ1) is 9.56. The molecule has 104 valence electrons. The van der Waals surface area contributed by atoms with E-state index < -0.39 is 5.97 Å². The predicted molar refractivity (Wildman–Crippen MR) is 79.6 cm³/mol. The number of rotatable bonds is 2. The van der Waals surface area contributed by atoms with Crippen LogP contribution < -0.4 is 4.90 Å². The Labute approximate surface area is 118 Å². The fourth-order valence-corrected chi connectivity index (χ4v) is 2.97. The molecule has 0 unspecified atom stereocenters. The molecule has 0 radical (unpaired) electrons. The van der Waals surface area contributed by atoms with Gasteiger partial charge in [0.1, 0.15) is 11.4 Å². The summed E-state index contributed by atoms with van der Waals surface area (Å²) in [7, 11) is 0. The van der Waals surface area contributed by atoms with E-state index in [4.69, 9.17) is 0 Å². The summed E-state index contributed by atoms with van der Waals surface area (Å²) in [5.41, 5.74) is 3.44. The summed E-state index contributed by atoms with van der Waals surface area (Å²) in [6, 6.07) is 5.84. The van der Waals surface area contributed by atoms with Crippen LogP contribution in [-0.2, 0) is 0 Å². The Hall–Kier alpha value is -2.10. The van der Waals surface area contributed by atoms with Crippen molar-refractivity contribution < 1.29 is 9.90 Å². The summed E-state index contributed by atoms with van der Waals surface area (Å²) in [6.45, 7) is 5.82. The molecule has 4 nitrogen and oxygen atoms in total. The van der Waals surface area contributed by atoms with Gasteiger partial charge in [-0.3, -0.25) is 0 Å². The minimum absolute atomic E-state index is 0.310. The smallest absolute Gasteiger partial charge is 0.339 e. The number of pyridine rings is 1. The zero-order chi connectivity index (χ0) is 14.3. The number of aryl methyl sites for hydroxylation is 2. The van der Waals surface area contributed by atoms with E-state index in [9.17, 15) is 9.90 Å². The van der Waals surface area contributed by atoms with E-state index in [1.165, 1.54) is 0 Å². The Morgan fingerprint density at radius 2 is 1.90 bits per heavy atom. The molecular weight excluding hydrogens is 252 g/mol. The number of aromatic nitrogens is 1. The molecule has 1 aromatic heterocycles. The minimum Gasteiger partial charge on any atom is -0.478 e. The van der Waals surface area contributed by atoms with Crippen molar-refractivity contribution in [2.24, 2.45) is 0 Å². The lowest BCUT2D eigenvalue weighted by Gasteiger charge is -2.19. The summed E-state index contributed by atoms with van der Waals surface area (Å²) < 4.78 is 0. The number of hydrogen-bond acceptors (Lipinski definition) is 3. The van der Waals surface area contributed by atoms with Crippen LogP contribution in [0.4, 0.5) is 5.82 Å². The van der Waals surface area contributed by atoms with Crippen molar-refractivity contribution in [3.8, 4) is 0 Å². The Bertz CT molecular complexity index is 688. The van der Waals surface area contributed by atoms with Crippen LogP contribution in [0.2, 0.25) is 0 Å². The van der Waals surface area contributed by atoms with Gasteiger partial charge in [-0.25, -0.2) is 9.78 Å². The van der Waals surface area contributed by atoms with Crippen molar-refractivity contribution in [1.82, 2.24) is 4.98 Å². The van der Waals surface area contributed by atoms with Gasteiger partial charge in [-0.05, 0) is 44.4 Å². The largest absolute Gasteiger partial charge is 0.478 e. The molecule has 20 heavy (non-hydrogen) atoms. The van der Waals surface area contributed by atoms with Gasteiger partial charge in [0.15, 0.2) is 0 Å². The number of carbonyl (C=O) groups is 1. The van der Waals surface area contributed by atoms with E-state index >= 15 is 0 Å². The molecule has 0 spiro atoms.